The molecule has 2 aliphatic carbocycles. The van der Waals surface area contributed by atoms with E-state index in [1.165, 1.54) is 62.5 Å². The summed E-state index contributed by atoms with van der Waals surface area (Å²) in [5.74, 6) is 1.81. The molecule has 2 heteroatoms. The molecule has 0 radical (unpaired) electrons. The van der Waals surface area contributed by atoms with Gasteiger partial charge in [-0.2, -0.15) is 0 Å². The van der Waals surface area contributed by atoms with Crippen LogP contribution in [0.25, 0.3) is 0 Å². The predicted octanol–water partition coefficient (Wildman–Crippen LogP) is 4.63. The van der Waals surface area contributed by atoms with Crippen molar-refractivity contribution in [3.8, 4) is 5.75 Å². The summed E-state index contributed by atoms with van der Waals surface area (Å²) >= 11 is 0. The minimum Gasteiger partial charge on any atom is -0.497 e. The number of fused-ring (bicyclic) bond motifs is 1. The molecule has 2 nitrogen and oxygen atoms in total. The molecule has 1 aromatic carbocycles. The molecule has 1 saturated carbocycles. The molecule has 116 valence electrons. The van der Waals surface area contributed by atoms with Gasteiger partial charge in [0, 0.05) is 12.1 Å². The summed E-state index contributed by atoms with van der Waals surface area (Å²) in [5.41, 5.74) is 3.00. The van der Waals surface area contributed by atoms with Crippen LogP contribution in [0.2, 0.25) is 0 Å². The summed E-state index contributed by atoms with van der Waals surface area (Å²) in [4.78, 5) is 0. The lowest BCUT2D eigenvalue weighted by Crippen LogP contribution is -2.38. The van der Waals surface area contributed by atoms with Crippen LogP contribution in [-0.2, 0) is 6.42 Å². The molecule has 0 spiro atoms. The molecule has 3 unspecified atom stereocenters. The van der Waals surface area contributed by atoms with Crippen molar-refractivity contribution in [3.63, 3.8) is 0 Å². The first kappa shape index (κ1) is 14.9. The van der Waals surface area contributed by atoms with E-state index in [4.69, 9.17) is 4.74 Å². The van der Waals surface area contributed by atoms with E-state index in [9.17, 15) is 0 Å². The Hall–Kier alpha value is -1.02. The van der Waals surface area contributed by atoms with Crippen molar-refractivity contribution >= 4 is 0 Å². The molecular formula is C19H29NO. The Balaban J connectivity index is 1.75. The summed E-state index contributed by atoms with van der Waals surface area (Å²) < 4.78 is 5.38. The quantitative estimate of drug-likeness (QED) is 0.818. The average Bonchev–Trinajstić information content (AvgIpc) is 2.72. The van der Waals surface area contributed by atoms with E-state index in [1.54, 1.807) is 7.11 Å². The third kappa shape index (κ3) is 3.42. The molecule has 3 atom stereocenters. The van der Waals surface area contributed by atoms with Crippen molar-refractivity contribution in [2.75, 3.05) is 7.11 Å². The van der Waals surface area contributed by atoms with Gasteiger partial charge < -0.3 is 10.1 Å². The van der Waals surface area contributed by atoms with E-state index < -0.39 is 0 Å². The maximum Gasteiger partial charge on any atom is 0.119 e. The summed E-state index contributed by atoms with van der Waals surface area (Å²) in [6, 6.07) is 7.89. The van der Waals surface area contributed by atoms with Gasteiger partial charge in [0.25, 0.3) is 0 Å². The number of rotatable bonds is 3. The summed E-state index contributed by atoms with van der Waals surface area (Å²) in [5, 5.41) is 4.00. The van der Waals surface area contributed by atoms with Crippen molar-refractivity contribution in [1.29, 1.82) is 0 Å². The fraction of sp³-hybridized carbons (Fsp3) is 0.684. The van der Waals surface area contributed by atoms with Crippen molar-refractivity contribution in [3.05, 3.63) is 29.3 Å². The number of methoxy groups -OCH3 is 1. The Morgan fingerprint density at radius 2 is 1.90 bits per heavy atom. The van der Waals surface area contributed by atoms with Gasteiger partial charge in [0.2, 0.25) is 0 Å². The highest BCUT2D eigenvalue weighted by atomic mass is 16.5. The molecule has 1 N–H and O–H groups in total. The normalized spacial score (nSPS) is 29.5. The highest BCUT2D eigenvalue weighted by molar-refractivity contribution is 5.39. The molecule has 0 amide bonds. The van der Waals surface area contributed by atoms with Gasteiger partial charge >= 0.3 is 0 Å². The van der Waals surface area contributed by atoms with Crippen LogP contribution in [0.4, 0.5) is 0 Å². The topological polar surface area (TPSA) is 21.3 Å². The molecule has 0 heterocycles. The van der Waals surface area contributed by atoms with Gasteiger partial charge in [0.15, 0.2) is 0 Å². The fourth-order valence-corrected chi connectivity index (χ4v) is 4.09. The van der Waals surface area contributed by atoms with E-state index in [2.05, 4.69) is 30.4 Å². The van der Waals surface area contributed by atoms with Gasteiger partial charge in [0.05, 0.1) is 7.11 Å². The first-order valence-electron chi connectivity index (χ1n) is 8.71. The lowest BCUT2D eigenvalue weighted by Gasteiger charge is -2.33. The van der Waals surface area contributed by atoms with Crippen molar-refractivity contribution < 1.29 is 4.74 Å². The van der Waals surface area contributed by atoms with Crippen molar-refractivity contribution in [2.24, 2.45) is 5.92 Å². The monoisotopic (exact) mass is 287 g/mol. The Labute approximate surface area is 129 Å². The molecule has 21 heavy (non-hydrogen) atoms. The summed E-state index contributed by atoms with van der Waals surface area (Å²) in [7, 11) is 1.76. The zero-order valence-corrected chi connectivity index (χ0v) is 13.5. The first-order chi connectivity index (χ1) is 10.3. The highest BCUT2D eigenvalue weighted by Crippen LogP contribution is 2.34. The van der Waals surface area contributed by atoms with Crippen LogP contribution in [0, 0.1) is 5.92 Å². The van der Waals surface area contributed by atoms with Gasteiger partial charge in [-0.15, -0.1) is 0 Å². The Bertz CT molecular complexity index is 471. The number of benzene rings is 1. The Morgan fingerprint density at radius 1 is 1.05 bits per heavy atom. The van der Waals surface area contributed by atoms with E-state index in [1.807, 2.05) is 0 Å². The number of ether oxygens (including phenoxy) is 1. The lowest BCUT2D eigenvalue weighted by atomic mass is 9.86. The van der Waals surface area contributed by atoms with Crippen molar-refractivity contribution in [2.45, 2.75) is 70.4 Å². The first-order valence-corrected chi connectivity index (χ1v) is 8.71. The van der Waals surface area contributed by atoms with Crippen molar-refractivity contribution in [1.82, 2.24) is 5.32 Å². The number of aryl methyl sites for hydroxylation is 1. The van der Waals surface area contributed by atoms with Crippen LogP contribution in [-0.4, -0.2) is 13.2 Å². The second-order valence-corrected chi connectivity index (χ2v) is 6.90. The van der Waals surface area contributed by atoms with Crippen LogP contribution < -0.4 is 10.1 Å². The summed E-state index contributed by atoms with van der Waals surface area (Å²) in [6.07, 6.45) is 10.7. The van der Waals surface area contributed by atoms with Gasteiger partial charge in [-0.25, -0.2) is 0 Å². The SMILES string of the molecule is COc1ccc2c(c1)CCCC2NC1CCCCCC1C. The molecular weight excluding hydrogens is 258 g/mol. The number of nitrogens with one attached hydrogen (secondary N) is 1. The van der Waals surface area contributed by atoms with E-state index in [0.29, 0.717) is 12.1 Å². The molecule has 0 aliphatic heterocycles. The van der Waals surface area contributed by atoms with Gasteiger partial charge in [-0.05, 0) is 61.3 Å². The third-order valence-electron chi connectivity index (χ3n) is 5.44. The molecule has 3 rings (SSSR count). The zero-order chi connectivity index (χ0) is 14.7. The zero-order valence-electron chi connectivity index (χ0n) is 13.5. The molecule has 2 aliphatic rings. The second kappa shape index (κ2) is 6.83. The van der Waals surface area contributed by atoms with Crippen LogP contribution in [0.1, 0.15) is 69.0 Å². The molecule has 0 saturated heterocycles. The smallest absolute Gasteiger partial charge is 0.119 e. The van der Waals surface area contributed by atoms with Gasteiger partial charge in [0.1, 0.15) is 5.75 Å². The largest absolute Gasteiger partial charge is 0.497 e. The molecule has 1 fully saturated rings. The fourth-order valence-electron chi connectivity index (χ4n) is 4.09. The maximum absolute atomic E-state index is 5.38. The van der Waals surface area contributed by atoms with E-state index in [-0.39, 0.29) is 0 Å². The third-order valence-corrected chi connectivity index (χ3v) is 5.44. The average molecular weight is 287 g/mol. The van der Waals surface area contributed by atoms with E-state index in [0.717, 1.165) is 11.7 Å². The van der Waals surface area contributed by atoms with E-state index >= 15 is 0 Å². The Kier molecular flexibility index (Phi) is 4.84. The minimum absolute atomic E-state index is 0.546. The number of hydrogen-bond acceptors (Lipinski definition) is 2. The summed E-state index contributed by atoms with van der Waals surface area (Å²) in [6.45, 7) is 2.43. The predicted molar refractivity (Wildman–Crippen MR) is 87.8 cm³/mol. The van der Waals surface area contributed by atoms with Gasteiger partial charge in [-0.1, -0.05) is 32.3 Å². The van der Waals surface area contributed by atoms with Crippen LogP contribution >= 0.6 is 0 Å². The van der Waals surface area contributed by atoms with Crippen LogP contribution in [0.3, 0.4) is 0 Å². The maximum atomic E-state index is 5.38. The molecule has 0 aromatic heterocycles. The molecule has 1 aromatic rings. The molecule has 0 bridgehead atoms. The van der Waals surface area contributed by atoms with Crippen LogP contribution in [0.5, 0.6) is 5.75 Å². The minimum atomic E-state index is 0.546. The standard InChI is InChI=1S/C19H29NO/c1-14-7-4-3-5-9-18(14)20-19-10-6-8-15-13-16(21-2)11-12-17(15)19/h11-14,18-20H,3-10H2,1-2H3. The highest BCUT2D eigenvalue weighted by Gasteiger charge is 2.26. The van der Waals surface area contributed by atoms with Gasteiger partial charge in [-0.3, -0.25) is 0 Å². The van der Waals surface area contributed by atoms with Crippen LogP contribution in [0.15, 0.2) is 18.2 Å². The number of hydrogen-bond donors (Lipinski definition) is 1. The Morgan fingerprint density at radius 3 is 2.76 bits per heavy atom. The lowest BCUT2D eigenvalue weighted by molar-refractivity contribution is 0.305. The second-order valence-electron chi connectivity index (χ2n) is 6.90.